The predicted octanol–water partition coefficient (Wildman–Crippen LogP) is 4.20. The summed E-state index contributed by atoms with van der Waals surface area (Å²) in [6, 6.07) is 11.5. The molecule has 0 N–H and O–H groups in total. The molecule has 1 unspecified atom stereocenters. The molecule has 0 spiro atoms. The van der Waals surface area contributed by atoms with E-state index in [1.165, 1.54) is 19.4 Å². The fourth-order valence-electron chi connectivity index (χ4n) is 4.85. The first-order valence-electron chi connectivity index (χ1n) is 10.6. The highest BCUT2D eigenvalue weighted by atomic mass is 16.6. The van der Waals surface area contributed by atoms with Crippen LogP contribution < -0.4 is 0 Å². The van der Waals surface area contributed by atoms with Gasteiger partial charge in [-0.25, -0.2) is 9.59 Å². The van der Waals surface area contributed by atoms with E-state index in [4.69, 9.17) is 13.9 Å². The maximum Gasteiger partial charge on any atom is 0.355 e. The van der Waals surface area contributed by atoms with Crippen molar-refractivity contribution in [2.24, 2.45) is 0 Å². The SMILES string of the molecule is COC(=O)C1(OC(=O)c2ccccc2)CCCc2c1ccc1c2-c2occ(C)c2C(=O)C1=O. The third kappa shape index (κ3) is 2.96. The monoisotopic (exact) mass is 444 g/mol. The number of furan rings is 1. The lowest BCUT2D eigenvalue weighted by Gasteiger charge is -2.37. The van der Waals surface area contributed by atoms with Crippen molar-refractivity contribution >= 4 is 23.5 Å². The van der Waals surface area contributed by atoms with Crippen LogP contribution in [0, 0.1) is 6.92 Å². The van der Waals surface area contributed by atoms with Crippen molar-refractivity contribution in [1.82, 2.24) is 0 Å². The number of Topliss-reactive ketones (excluding diaryl/α,β-unsaturated/α-hetero) is 2. The second kappa shape index (κ2) is 7.55. The van der Waals surface area contributed by atoms with Crippen LogP contribution in [-0.4, -0.2) is 30.6 Å². The van der Waals surface area contributed by atoms with Crippen molar-refractivity contribution in [3.8, 4) is 11.3 Å². The topological polar surface area (TPSA) is 99.9 Å². The zero-order valence-corrected chi connectivity index (χ0v) is 18.1. The summed E-state index contributed by atoms with van der Waals surface area (Å²) in [4.78, 5) is 51.6. The molecule has 166 valence electrons. The van der Waals surface area contributed by atoms with Gasteiger partial charge in [-0.15, -0.1) is 0 Å². The number of esters is 2. The number of ketones is 2. The zero-order chi connectivity index (χ0) is 23.3. The van der Waals surface area contributed by atoms with E-state index >= 15 is 0 Å². The Kier molecular flexibility index (Phi) is 4.78. The quantitative estimate of drug-likeness (QED) is 0.441. The van der Waals surface area contributed by atoms with Crippen LogP contribution in [0.25, 0.3) is 11.3 Å². The Balaban J connectivity index is 1.72. The van der Waals surface area contributed by atoms with Crippen molar-refractivity contribution in [2.75, 3.05) is 7.11 Å². The number of hydrogen-bond donors (Lipinski definition) is 0. The Hall–Kier alpha value is -4.00. The van der Waals surface area contributed by atoms with Crippen molar-refractivity contribution in [1.29, 1.82) is 0 Å². The second-order valence-electron chi connectivity index (χ2n) is 8.22. The van der Waals surface area contributed by atoms with Crippen LogP contribution in [0.5, 0.6) is 0 Å². The minimum Gasteiger partial charge on any atom is -0.466 e. The standard InChI is InChI=1S/C26H20O7/c1-14-13-32-23-19(14)22(28)21(27)17-10-11-18-16(20(17)23)9-6-12-26(18,25(30)31-2)33-24(29)15-7-4-3-5-8-15/h3-5,7-8,10-11,13H,6,9,12H2,1-2H3. The minimum atomic E-state index is -1.68. The number of methoxy groups -OCH3 is 1. The van der Waals surface area contributed by atoms with Crippen molar-refractivity contribution < 1.29 is 33.1 Å². The third-order valence-electron chi connectivity index (χ3n) is 6.38. The van der Waals surface area contributed by atoms with E-state index in [0.717, 1.165) is 0 Å². The minimum absolute atomic E-state index is 0.218. The molecule has 3 aromatic rings. The molecule has 7 heteroatoms. The summed E-state index contributed by atoms with van der Waals surface area (Å²) in [5, 5.41) is 0. The second-order valence-corrected chi connectivity index (χ2v) is 8.22. The molecule has 1 aromatic heterocycles. The molecule has 2 aliphatic carbocycles. The summed E-state index contributed by atoms with van der Waals surface area (Å²) in [5.74, 6) is -2.30. The molecular formula is C26H20O7. The van der Waals surface area contributed by atoms with E-state index < -0.39 is 29.1 Å². The molecule has 0 aliphatic heterocycles. The van der Waals surface area contributed by atoms with Crippen LogP contribution >= 0.6 is 0 Å². The fourth-order valence-corrected chi connectivity index (χ4v) is 4.85. The van der Waals surface area contributed by atoms with E-state index in [1.54, 1.807) is 43.3 Å². The van der Waals surface area contributed by atoms with E-state index in [-0.39, 0.29) is 17.5 Å². The smallest absolute Gasteiger partial charge is 0.355 e. The van der Waals surface area contributed by atoms with Gasteiger partial charge in [-0.3, -0.25) is 9.59 Å². The number of ether oxygens (including phenoxy) is 2. The first-order valence-corrected chi connectivity index (χ1v) is 10.6. The summed E-state index contributed by atoms with van der Waals surface area (Å²) >= 11 is 0. The highest BCUT2D eigenvalue weighted by molar-refractivity contribution is 6.53. The number of carbonyl (C=O) groups is 4. The van der Waals surface area contributed by atoms with Gasteiger partial charge in [-0.1, -0.05) is 24.3 Å². The van der Waals surface area contributed by atoms with E-state index in [2.05, 4.69) is 0 Å². The molecule has 2 aliphatic rings. The molecule has 0 fully saturated rings. The number of benzene rings is 2. The Labute approximate surface area is 189 Å². The lowest BCUT2D eigenvalue weighted by Crippen LogP contribution is -2.44. The first kappa shape index (κ1) is 20.9. The summed E-state index contributed by atoms with van der Waals surface area (Å²) in [6.45, 7) is 1.70. The Morgan fingerprint density at radius 2 is 1.76 bits per heavy atom. The number of fused-ring (bicyclic) bond motifs is 5. The Morgan fingerprint density at radius 1 is 1.00 bits per heavy atom. The van der Waals surface area contributed by atoms with Gasteiger partial charge in [0, 0.05) is 23.1 Å². The zero-order valence-electron chi connectivity index (χ0n) is 18.1. The van der Waals surface area contributed by atoms with E-state index in [1.807, 2.05) is 0 Å². The van der Waals surface area contributed by atoms with Gasteiger partial charge in [0.05, 0.1) is 24.5 Å². The van der Waals surface area contributed by atoms with Crippen LogP contribution in [0.1, 0.15) is 60.6 Å². The van der Waals surface area contributed by atoms with Gasteiger partial charge in [-0.2, -0.15) is 0 Å². The number of carbonyl (C=O) groups excluding carboxylic acids is 4. The maximum atomic E-state index is 13.1. The van der Waals surface area contributed by atoms with Crippen LogP contribution in [0.4, 0.5) is 0 Å². The van der Waals surface area contributed by atoms with Crippen LogP contribution in [-0.2, 0) is 26.3 Å². The van der Waals surface area contributed by atoms with E-state index in [9.17, 15) is 19.2 Å². The molecule has 0 amide bonds. The van der Waals surface area contributed by atoms with Gasteiger partial charge in [0.15, 0.2) is 0 Å². The highest BCUT2D eigenvalue weighted by Gasteiger charge is 2.50. The molecular weight excluding hydrogens is 424 g/mol. The maximum absolute atomic E-state index is 13.1. The molecule has 1 heterocycles. The van der Waals surface area contributed by atoms with Crippen molar-refractivity contribution in [3.63, 3.8) is 0 Å². The van der Waals surface area contributed by atoms with Gasteiger partial charge in [-0.05, 0) is 49.1 Å². The molecule has 0 radical (unpaired) electrons. The molecule has 33 heavy (non-hydrogen) atoms. The summed E-state index contributed by atoms with van der Waals surface area (Å²) in [6.07, 6.45) is 2.68. The third-order valence-corrected chi connectivity index (χ3v) is 6.38. The Bertz CT molecular complexity index is 1330. The van der Waals surface area contributed by atoms with Crippen molar-refractivity contribution in [2.45, 2.75) is 31.8 Å². The number of aryl methyl sites for hydroxylation is 1. The normalized spacial score (nSPS) is 18.7. The van der Waals surface area contributed by atoms with Crippen LogP contribution in [0.3, 0.4) is 0 Å². The lowest BCUT2D eigenvalue weighted by molar-refractivity contribution is -0.166. The molecule has 0 saturated heterocycles. The molecule has 0 saturated carbocycles. The van der Waals surface area contributed by atoms with Crippen molar-refractivity contribution in [3.05, 3.63) is 82.1 Å². The van der Waals surface area contributed by atoms with Crippen LogP contribution in [0.15, 0.2) is 53.1 Å². The molecule has 0 bridgehead atoms. The number of hydrogen-bond acceptors (Lipinski definition) is 7. The lowest BCUT2D eigenvalue weighted by atomic mass is 9.73. The van der Waals surface area contributed by atoms with Gasteiger partial charge < -0.3 is 13.9 Å². The molecule has 1 atom stereocenters. The Morgan fingerprint density at radius 3 is 2.48 bits per heavy atom. The fraction of sp³-hybridized carbons (Fsp3) is 0.231. The van der Waals surface area contributed by atoms with Crippen LogP contribution in [0.2, 0.25) is 0 Å². The first-order chi connectivity index (χ1) is 15.9. The molecule has 2 aromatic carbocycles. The average molecular weight is 444 g/mol. The predicted molar refractivity (Wildman–Crippen MR) is 116 cm³/mol. The molecule has 5 rings (SSSR count). The van der Waals surface area contributed by atoms with Gasteiger partial charge in [0.1, 0.15) is 5.76 Å². The summed E-state index contributed by atoms with van der Waals surface area (Å²) in [5.41, 5.74) is 1.19. The van der Waals surface area contributed by atoms with Gasteiger partial charge in [0.2, 0.25) is 17.2 Å². The van der Waals surface area contributed by atoms with Gasteiger partial charge in [0.25, 0.3) is 0 Å². The highest BCUT2D eigenvalue weighted by Crippen LogP contribution is 2.47. The van der Waals surface area contributed by atoms with E-state index in [0.29, 0.717) is 46.4 Å². The summed E-state index contributed by atoms with van der Waals surface area (Å²) < 4.78 is 16.7. The van der Waals surface area contributed by atoms with Gasteiger partial charge >= 0.3 is 11.9 Å². The molecule has 7 nitrogen and oxygen atoms in total. The summed E-state index contributed by atoms with van der Waals surface area (Å²) in [7, 11) is 1.24. The number of rotatable bonds is 3. The average Bonchev–Trinajstić information content (AvgIpc) is 3.23. The largest absolute Gasteiger partial charge is 0.466 e.